The van der Waals surface area contributed by atoms with Crippen molar-refractivity contribution in [2.45, 2.75) is 20.3 Å². The van der Waals surface area contributed by atoms with Gasteiger partial charge in [-0.15, -0.1) is 0 Å². The number of anilines is 1. The van der Waals surface area contributed by atoms with E-state index in [-0.39, 0.29) is 24.2 Å². The van der Waals surface area contributed by atoms with Crippen LogP contribution in [-0.2, 0) is 4.79 Å². The Morgan fingerprint density at radius 3 is 2.22 bits per heavy atom. The quantitative estimate of drug-likeness (QED) is 0.326. The lowest BCUT2D eigenvalue weighted by molar-refractivity contribution is -0.117. The Bertz CT molecular complexity index is 1300. The van der Waals surface area contributed by atoms with Crippen molar-refractivity contribution < 1.29 is 14.0 Å². The van der Waals surface area contributed by atoms with Gasteiger partial charge in [0.1, 0.15) is 18.2 Å². The molecule has 7 heteroatoms. The van der Waals surface area contributed by atoms with Gasteiger partial charge < -0.3 is 10.2 Å². The summed E-state index contributed by atoms with van der Waals surface area (Å²) >= 11 is 0. The Balaban J connectivity index is 1.60. The average Bonchev–Trinajstić information content (AvgIpc) is 3.31. The molecule has 0 bridgehead atoms. The van der Waals surface area contributed by atoms with Crippen LogP contribution in [-0.4, -0.2) is 39.6 Å². The van der Waals surface area contributed by atoms with Crippen LogP contribution in [0.25, 0.3) is 16.9 Å². The second-order valence-corrected chi connectivity index (χ2v) is 8.99. The van der Waals surface area contributed by atoms with E-state index in [1.165, 1.54) is 12.1 Å². The molecule has 0 aliphatic heterocycles. The van der Waals surface area contributed by atoms with Crippen molar-refractivity contribution in [3.05, 3.63) is 102 Å². The van der Waals surface area contributed by atoms with Crippen LogP contribution in [0.3, 0.4) is 0 Å². The number of carbonyl (C=O) groups is 2. The Kier molecular flexibility index (Phi) is 7.90. The third-order valence-corrected chi connectivity index (χ3v) is 5.74. The van der Waals surface area contributed by atoms with Crippen molar-refractivity contribution in [1.29, 1.82) is 0 Å². The first-order valence-corrected chi connectivity index (χ1v) is 12.0. The largest absolute Gasteiger partial charge is 0.329 e. The van der Waals surface area contributed by atoms with Crippen LogP contribution in [0.5, 0.6) is 0 Å². The summed E-state index contributed by atoms with van der Waals surface area (Å²) in [5, 5.41) is 7.57. The Morgan fingerprint density at radius 2 is 1.58 bits per heavy atom. The van der Waals surface area contributed by atoms with Gasteiger partial charge in [0.2, 0.25) is 5.91 Å². The third-order valence-electron chi connectivity index (χ3n) is 5.74. The number of aromatic nitrogens is 2. The topological polar surface area (TPSA) is 67.2 Å². The molecule has 0 saturated carbocycles. The number of carbonyl (C=O) groups excluding carboxylic acids is 2. The monoisotopic (exact) mass is 484 g/mol. The van der Waals surface area contributed by atoms with Gasteiger partial charge in [0.05, 0.1) is 11.4 Å². The second kappa shape index (κ2) is 11.4. The summed E-state index contributed by atoms with van der Waals surface area (Å²) in [6.07, 6.45) is 0.775. The molecule has 0 atom stereocenters. The van der Waals surface area contributed by atoms with E-state index in [1.54, 1.807) is 52.0 Å². The van der Waals surface area contributed by atoms with E-state index in [4.69, 9.17) is 0 Å². The lowest BCUT2D eigenvalue weighted by Gasteiger charge is -2.23. The minimum absolute atomic E-state index is 0.101. The van der Waals surface area contributed by atoms with Gasteiger partial charge in [-0.3, -0.25) is 9.59 Å². The number of nitrogens with one attached hydrogen (secondary N) is 1. The fourth-order valence-corrected chi connectivity index (χ4v) is 3.78. The van der Waals surface area contributed by atoms with Crippen LogP contribution in [0.1, 0.15) is 30.6 Å². The second-order valence-electron chi connectivity index (χ2n) is 8.99. The van der Waals surface area contributed by atoms with E-state index in [0.717, 1.165) is 12.0 Å². The summed E-state index contributed by atoms with van der Waals surface area (Å²) in [5.41, 5.74) is 2.68. The molecule has 0 radical (unpaired) electrons. The number of halogens is 1. The van der Waals surface area contributed by atoms with Gasteiger partial charge in [-0.2, -0.15) is 5.10 Å². The summed E-state index contributed by atoms with van der Waals surface area (Å²) in [5.74, 6) is -0.0803. The van der Waals surface area contributed by atoms with Crippen molar-refractivity contribution in [2.75, 3.05) is 18.4 Å². The maximum Gasteiger partial charge on any atom is 0.254 e. The van der Waals surface area contributed by atoms with Gasteiger partial charge in [-0.1, -0.05) is 62.4 Å². The molecule has 36 heavy (non-hydrogen) atoms. The molecular formula is C29H29FN4O2. The molecule has 3 aromatic carbocycles. The van der Waals surface area contributed by atoms with Crippen LogP contribution in [0.2, 0.25) is 0 Å². The van der Waals surface area contributed by atoms with Gasteiger partial charge in [0, 0.05) is 23.7 Å². The highest BCUT2D eigenvalue weighted by Crippen LogP contribution is 2.25. The SMILES string of the molecule is CC(C)CCN(CC(=O)Nc1cc(-c2ccccc2)nn1-c1ccc(F)cc1)C(=O)c1ccccc1. The number of nitrogens with zero attached hydrogens (tertiary/aromatic N) is 3. The first kappa shape index (κ1) is 24.9. The van der Waals surface area contributed by atoms with E-state index < -0.39 is 0 Å². The molecule has 4 rings (SSSR count). The molecule has 1 N–H and O–H groups in total. The van der Waals surface area contributed by atoms with Gasteiger partial charge in [0.25, 0.3) is 5.91 Å². The molecule has 0 spiro atoms. The molecule has 2 amide bonds. The molecule has 1 heterocycles. The molecular weight excluding hydrogens is 455 g/mol. The number of benzene rings is 3. The van der Waals surface area contributed by atoms with Gasteiger partial charge in [0.15, 0.2) is 0 Å². The van der Waals surface area contributed by atoms with Crippen LogP contribution in [0.4, 0.5) is 10.2 Å². The van der Waals surface area contributed by atoms with Crippen LogP contribution in [0.15, 0.2) is 91.0 Å². The van der Waals surface area contributed by atoms with Crippen LogP contribution < -0.4 is 5.32 Å². The first-order chi connectivity index (χ1) is 17.4. The predicted molar refractivity (Wildman–Crippen MR) is 139 cm³/mol. The number of hydrogen-bond acceptors (Lipinski definition) is 3. The van der Waals surface area contributed by atoms with Gasteiger partial charge in [-0.05, 0) is 48.7 Å². The van der Waals surface area contributed by atoms with Crippen molar-refractivity contribution >= 4 is 17.6 Å². The summed E-state index contributed by atoms with van der Waals surface area (Å²) in [7, 11) is 0. The van der Waals surface area contributed by atoms with Crippen molar-refractivity contribution in [3.63, 3.8) is 0 Å². The molecule has 0 unspecified atom stereocenters. The van der Waals surface area contributed by atoms with Crippen LogP contribution >= 0.6 is 0 Å². The highest BCUT2D eigenvalue weighted by atomic mass is 19.1. The zero-order valence-corrected chi connectivity index (χ0v) is 20.4. The van der Waals surface area contributed by atoms with Gasteiger partial charge in [-0.25, -0.2) is 9.07 Å². The molecule has 0 fully saturated rings. The van der Waals surface area contributed by atoms with Crippen molar-refractivity contribution in [3.8, 4) is 16.9 Å². The standard InChI is InChI=1S/C29H29FN4O2/c1-21(2)17-18-33(29(36)23-11-7-4-8-12-23)20-28(35)31-27-19-26(22-9-5-3-6-10-22)32-34(27)25-15-13-24(30)14-16-25/h3-16,19,21H,17-18,20H2,1-2H3,(H,31,35). The average molecular weight is 485 g/mol. The molecule has 6 nitrogen and oxygen atoms in total. The number of rotatable bonds is 9. The summed E-state index contributed by atoms with van der Waals surface area (Å²) in [6, 6.07) is 26.2. The molecule has 0 aliphatic carbocycles. The number of amides is 2. The Labute approximate surface area is 210 Å². The van der Waals surface area contributed by atoms with Gasteiger partial charge >= 0.3 is 0 Å². The summed E-state index contributed by atoms with van der Waals surface area (Å²) in [4.78, 5) is 27.9. The minimum atomic E-state index is -0.361. The first-order valence-electron chi connectivity index (χ1n) is 12.0. The zero-order valence-electron chi connectivity index (χ0n) is 20.4. The van der Waals surface area contributed by atoms with E-state index in [2.05, 4.69) is 24.3 Å². The van der Waals surface area contributed by atoms with Crippen molar-refractivity contribution in [2.24, 2.45) is 5.92 Å². The normalized spacial score (nSPS) is 10.9. The molecule has 0 saturated heterocycles. The smallest absolute Gasteiger partial charge is 0.254 e. The third kappa shape index (κ3) is 6.24. The summed E-state index contributed by atoms with van der Waals surface area (Å²) in [6.45, 7) is 4.52. The highest BCUT2D eigenvalue weighted by molar-refractivity contribution is 5.99. The molecule has 0 aliphatic rings. The fourth-order valence-electron chi connectivity index (χ4n) is 3.78. The fraction of sp³-hybridized carbons (Fsp3) is 0.207. The van der Waals surface area contributed by atoms with E-state index in [0.29, 0.717) is 35.2 Å². The lowest BCUT2D eigenvalue weighted by atomic mass is 10.1. The lowest BCUT2D eigenvalue weighted by Crippen LogP contribution is -2.39. The summed E-state index contributed by atoms with van der Waals surface area (Å²) < 4.78 is 15.1. The molecule has 1 aromatic heterocycles. The number of hydrogen-bond donors (Lipinski definition) is 1. The van der Waals surface area contributed by atoms with Crippen molar-refractivity contribution in [1.82, 2.24) is 14.7 Å². The molecule has 4 aromatic rings. The van der Waals surface area contributed by atoms with E-state index in [9.17, 15) is 14.0 Å². The predicted octanol–water partition coefficient (Wildman–Crippen LogP) is 5.81. The minimum Gasteiger partial charge on any atom is -0.329 e. The van der Waals surface area contributed by atoms with Crippen LogP contribution in [0, 0.1) is 11.7 Å². The maximum absolute atomic E-state index is 13.5. The Hall–Kier alpha value is -4.26. The Morgan fingerprint density at radius 1 is 0.944 bits per heavy atom. The van der Waals surface area contributed by atoms with E-state index in [1.807, 2.05) is 36.4 Å². The molecule has 184 valence electrons. The maximum atomic E-state index is 13.5. The van der Waals surface area contributed by atoms with E-state index >= 15 is 0 Å². The highest BCUT2D eigenvalue weighted by Gasteiger charge is 2.21. The zero-order chi connectivity index (χ0) is 25.5.